The normalized spacial score (nSPS) is 16.6. The molecule has 1 aliphatic rings. The van der Waals surface area contributed by atoms with E-state index in [-0.39, 0.29) is 11.9 Å². The summed E-state index contributed by atoms with van der Waals surface area (Å²) < 4.78 is 1.73. The summed E-state index contributed by atoms with van der Waals surface area (Å²) in [5.41, 5.74) is 1.90. The first kappa shape index (κ1) is 12.9. The number of fused-ring (bicyclic) bond motifs is 1. The quantitative estimate of drug-likeness (QED) is 0.919. The highest BCUT2D eigenvalue weighted by atomic mass is 16.2. The van der Waals surface area contributed by atoms with Crippen LogP contribution >= 0.6 is 0 Å². The number of rotatable bonds is 3. The lowest BCUT2D eigenvalue weighted by Crippen LogP contribution is -2.39. The number of nitrogens with one attached hydrogen (secondary N) is 1. The summed E-state index contributed by atoms with van der Waals surface area (Å²) in [6.45, 7) is 5.59. The molecular weight excluding hydrogens is 254 g/mol. The molecule has 0 aliphatic carbocycles. The summed E-state index contributed by atoms with van der Waals surface area (Å²) in [6, 6.07) is 3.61. The first-order valence-corrected chi connectivity index (χ1v) is 7.02. The molecule has 3 heterocycles. The molecule has 6 heteroatoms. The molecule has 1 aliphatic heterocycles. The molecule has 2 aromatic heterocycles. The van der Waals surface area contributed by atoms with E-state index >= 15 is 0 Å². The number of hydrogen-bond acceptors (Lipinski definition) is 4. The number of likely N-dealkylation sites (tertiary alicyclic amines) is 1. The molecule has 1 saturated heterocycles. The van der Waals surface area contributed by atoms with Crippen LogP contribution in [0.25, 0.3) is 5.65 Å². The molecular formula is C14H19N5O. The predicted octanol–water partition coefficient (Wildman–Crippen LogP) is 1.46. The maximum atomic E-state index is 12.2. The molecule has 1 fully saturated rings. The van der Waals surface area contributed by atoms with Gasteiger partial charge in [-0.2, -0.15) is 4.98 Å². The largest absolute Gasteiger partial charge is 0.341 e. The molecule has 1 unspecified atom stereocenters. The van der Waals surface area contributed by atoms with Crippen LogP contribution in [0.4, 0.5) is 5.95 Å². The topological polar surface area (TPSA) is 62.5 Å². The van der Waals surface area contributed by atoms with Crippen molar-refractivity contribution < 1.29 is 4.79 Å². The first-order valence-electron chi connectivity index (χ1n) is 7.02. The van der Waals surface area contributed by atoms with Crippen LogP contribution in [0.15, 0.2) is 18.3 Å². The Bertz CT molecular complexity index is 630. The number of amides is 1. The van der Waals surface area contributed by atoms with Gasteiger partial charge in [-0.15, -0.1) is 5.10 Å². The second-order valence-corrected chi connectivity index (χ2v) is 5.34. The van der Waals surface area contributed by atoms with Gasteiger partial charge in [0.05, 0.1) is 0 Å². The fourth-order valence-electron chi connectivity index (χ4n) is 2.51. The molecule has 106 valence electrons. The number of carbonyl (C=O) groups is 1. The van der Waals surface area contributed by atoms with Gasteiger partial charge < -0.3 is 10.2 Å². The Morgan fingerprint density at radius 1 is 1.35 bits per heavy atom. The fraction of sp³-hybridized carbons (Fsp3) is 0.500. The number of nitrogens with zero attached hydrogens (tertiary/aromatic N) is 4. The van der Waals surface area contributed by atoms with Gasteiger partial charge in [-0.3, -0.25) is 4.79 Å². The Kier molecular flexibility index (Phi) is 3.30. The lowest BCUT2D eigenvalue weighted by molar-refractivity contribution is -0.130. The molecule has 1 atom stereocenters. The second-order valence-electron chi connectivity index (χ2n) is 5.34. The highest BCUT2D eigenvalue weighted by molar-refractivity contribution is 5.84. The van der Waals surface area contributed by atoms with Crippen molar-refractivity contribution in [2.75, 3.05) is 18.4 Å². The van der Waals surface area contributed by atoms with E-state index in [1.807, 2.05) is 37.1 Å². The average Bonchev–Trinajstić information content (AvgIpc) is 3.05. The van der Waals surface area contributed by atoms with E-state index in [0.717, 1.165) is 37.1 Å². The number of aryl methyl sites for hydroxylation is 1. The van der Waals surface area contributed by atoms with Crippen LogP contribution in [0.3, 0.4) is 0 Å². The maximum absolute atomic E-state index is 12.2. The summed E-state index contributed by atoms with van der Waals surface area (Å²) in [5, 5.41) is 7.44. The smallest absolute Gasteiger partial charge is 0.244 e. The minimum absolute atomic E-state index is 0.123. The Hall–Kier alpha value is -2.11. The standard InChI is InChI=1S/C14H19N5O/c1-10-5-6-12-16-14(17-19(12)9-10)15-11(2)13(20)18-7-3-4-8-18/h5-6,9,11H,3-4,7-8H2,1-2H3,(H,15,17). The summed E-state index contributed by atoms with van der Waals surface area (Å²) >= 11 is 0. The number of aromatic nitrogens is 3. The lowest BCUT2D eigenvalue weighted by Gasteiger charge is -2.20. The third-order valence-electron chi connectivity index (χ3n) is 3.61. The van der Waals surface area contributed by atoms with E-state index in [4.69, 9.17) is 0 Å². The molecule has 0 saturated carbocycles. The van der Waals surface area contributed by atoms with Crippen molar-refractivity contribution in [3.05, 3.63) is 23.9 Å². The van der Waals surface area contributed by atoms with Crippen molar-refractivity contribution in [3.63, 3.8) is 0 Å². The van der Waals surface area contributed by atoms with E-state index in [0.29, 0.717) is 5.95 Å². The van der Waals surface area contributed by atoms with E-state index in [1.54, 1.807) is 4.52 Å². The predicted molar refractivity (Wildman–Crippen MR) is 76.6 cm³/mol. The van der Waals surface area contributed by atoms with Crippen molar-refractivity contribution in [1.29, 1.82) is 0 Å². The Morgan fingerprint density at radius 2 is 2.10 bits per heavy atom. The summed E-state index contributed by atoms with van der Waals surface area (Å²) in [6.07, 6.45) is 4.12. The second kappa shape index (κ2) is 5.11. The number of hydrogen-bond donors (Lipinski definition) is 1. The first-order chi connectivity index (χ1) is 9.63. The van der Waals surface area contributed by atoms with Crippen LogP contribution in [0.2, 0.25) is 0 Å². The molecule has 3 rings (SSSR count). The van der Waals surface area contributed by atoms with Gasteiger partial charge in [-0.1, -0.05) is 6.07 Å². The molecule has 0 bridgehead atoms. The minimum atomic E-state index is -0.299. The molecule has 0 spiro atoms. The fourth-order valence-corrected chi connectivity index (χ4v) is 2.51. The van der Waals surface area contributed by atoms with Crippen LogP contribution in [0.5, 0.6) is 0 Å². The van der Waals surface area contributed by atoms with Gasteiger partial charge in [-0.25, -0.2) is 4.52 Å². The molecule has 0 aromatic carbocycles. The highest BCUT2D eigenvalue weighted by Crippen LogP contribution is 2.12. The van der Waals surface area contributed by atoms with E-state index in [2.05, 4.69) is 15.4 Å². The Labute approximate surface area is 117 Å². The van der Waals surface area contributed by atoms with Crippen molar-refractivity contribution >= 4 is 17.5 Å². The van der Waals surface area contributed by atoms with Gasteiger partial charge in [0.1, 0.15) is 6.04 Å². The van der Waals surface area contributed by atoms with Gasteiger partial charge in [0.15, 0.2) is 5.65 Å². The number of anilines is 1. The average molecular weight is 273 g/mol. The number of pyridine rings is 1. The van der Waals surface area contributed by atoms with Gasteiger partial charge >= 0.3 is 0 Å². The van der Waals surface area contributed by atoms with E-state index < -0.39 is 0 Å². The van der Waals surface area contributed by atoms with Crippen LogP contribution in [-0.4, -0.2) is 44.5 Å². The van der Waals surface area contributed by atoms with Gasteiger partial charge in [0.25, 0.3) is 0 Å². The molecule has 6 nitrogen and oxygen atoms in total. The van der Waals surface area contributed by atoms with Crippen molar-refractivity contribution in [3.8, 4) is 0 Å². The van der Waals surface area contributed by atoms with Crippen molar-refractivity contribution in [2.45, 2.75) is 32.7 Å². The van der Waals surface area contributed by atoms with Gasteiger partial charge in [0.2, 0.25) is 11.9 Å². The minimum Gasteiger partial charge on any atom is -0.341 e. The zero-order chi connectivity index (χ0) is 14.1. The third kappa shape index (κ3) is 2.45. The van der Waals surface area contributed by atoms with E-state index in [9.17, 15) is 4.79 Å². The van der Waals surface area contributed by atoms with Crippen LogP contribution in [0, 0.1) is 6.92 Å². The summed E-state index contributed by atoms with van der Waals surface area (Å²) in [4.78, 5) is 18.5. The van der Waals surface area contributed by atoms with Gasteiger partial charge in [-0.05, 0) is 38.3 Å². The third-order valence-corrected chi connectivity index (χ3v) is 3.61. The lowest BCUT2D eigenvalue weighted by atomic mass is 10.3. The number of carbonyl (C=O) groups excluding carboxylic acids is 1. The zero-order valence-corrected chi connectivity index (χ0v) is 11.8. The van der Waals surface area contributed by atoms with Gasteiger partial charge in [0, 0.05) is 19.3 Å². The summed E-state index contributed by atoms with van der Waals surface area (Å²) in [7, 11) is 0. The summed E-state index contributed by atoms with van der Waals surface area (Å²) in [5.74, 6) is 0.619. The van der Waals surface area contributed by atoms with Crippen molar-refractivity contribution in [2.24, 2.45) is 0 Å². The van der Waals surface area contributed by atoms with Crippen molar-refractivity contribution in [1.82, 2.24) is 19.5 Å². The Morgan fingerprint density at radius 3 is 2.85 bits per heavy atom. The highest BCUT2D eigenvalue weighted by Gasteiger charge is 2.23. The van der Waals surface area contributed by atoms with Crippen LogP contribution < -0.4 is 5.32 Å². The molecule has 2 aromatic rings. The molecule has 20 heavy (non-hydrogen) atoms. The van der Waals surface area contributed by atoms with E-state index in [1.165, 1.54) is 0 Å². The molecule has 1 N–H and O–H groups in total. The SMILES string of the molecule is Cc1ccc2nc(NC(C)C(=O)N3CCCC3)nn2c1. The molecule has 1 amide bonds. The zero-order valence-electron chi connectivity index (χ0n) is 11.8. The monoisotopic (exact) mass is 273 g/mol. The Balaban J connectivity index is 1.73. The van der Waals surface area contributed by atoms with Crippen LogP contribution in [-0.2, 0) is 4.79 Å². The van der Waals surface area contributed by atoms with Crippen LogP contribution in [0.1, 0.15) is 25.3 Å². The maximum Gasteiger partial charge on any atom is 0.244 e. The molecule has 0 radical (unpaired) electrons.